The fourth-order valence-corrected chi connectivity index (χ4v) is 2.80. The van der Waals surface area contributed by atoms with E-state index in [1.165, 1.54) is 12.1 Å². The second kappa shape index (κ2) is 6.31. The normalized spacial score (nSPS) is 18.3. The zero-order chi connectivity index (χ0) is 16.3. The number of nitrogens with zero attached hydrogens (tertiary/aromatic N) is 2. The molecule has 0 radical (unpaired) electrons. The largest absolute Gasteiger partial charge is 0.388 e. The van der Waals surface area contributed by atoms with Gasteiger partial charge in [-0.3, -0.25) is 10.1 Å². The maximum absolute atomic E-state index is 12.3. The van der Waals surface area contributed by atoms with Crippen LogP contribution in [0.5, 0.6) is 0 Å². The van der Waals surface area contributed by atoms with Crippen molar-refractivity contribution in [3.63, 3.8) is 0 Å². The molecule has 1 saturated heterocycles. The van der Waals surface area contributed by atoms with Crippen molar-refractivity contribution in [3.05, 3.63) is 39.9 Å². The maximum Gasteiger partial charge on any atom is 0.318 e. The molecule has 1 aliphatic heterocycles. The van der Waals surface area contributed by atoms with Crippen LogP contribution in [-0.2, 0) is 6.54 Å². The van der Waals surface area contributed by atoms with E-state index in [2.05, 4.69) is 5.32 Å². The molecule has 120 valence electrons. The van der Waals surface area contributed by atoms with Crippen molar-refractivity contribution in [2.24, 2.45) is 0 Å². The van der Waals surface area contributed by atoms with Gasteiger partial charge in [0.2, 0.25) is 0 Å². The van der Waals surface area contributed by atoms with Crippen LogP contribution in [0.3, 0.4) is 0 Å². The number of non-ortho nitro benzene ring substituents is 1. The molecule has 1 aromatic carbocycles. The summed E-state index contributed by atoms with van der Waals surface area (Å²) in [5.41, 5.74) is -0.275. The van der Waals surface area contributed by atoms with Gasteiger partial charge in [-0.2, -0.15) is 0 Å². The summed E-state index contributed by atoms with van der Waals surface area (Å²) >= 11 is 0. The van der Waals surface area contributed by atoms with Crippen molar-refractivity contribution in [2.45, 2.75) is 44.9 Å². The smallest absolute Gasteiger partial charge is 0.318 e. The third kappa shape index (κ3) is 3.73. The zero-order valence-electron chi connectivity index (χ0n) is 12.8. The Kier molecular flexibility index (Phi) is 4.65. The summed E-state index contributed by atoms with van der Waals surface area (Å²) in [7, 11) is 0. The fourth-order valence-electron chi connectivity index (χ4n) is 2.80. The topological polar surface area (TPSA) is 95.7 Å². The van der Waals surface area contributed by atoms with Crippen LogP contribution in [0.4, 0.5) is 10.5 Å². The number of nitro groups is 1. The van der Waals surface area contributed by atoms with Crippen LogP contribution in [0.25, 0.3) is 0 Å². The van der Waals surface area contributed by atoms with E-state index in [1.807, 2.05) is 0 Å². The number of nitro benzene ring substituents is 1. The maximum atomic E-state index is 12.3. The number of amides is 2. The predicted molar refractivity (Wildman–Crippen MR) is 81.4 cm³/mol. The number of benzene rings is 1. The van der Waals surface area contributed by atoms with Crippen molar-refractivity contribution in [1.82, 2.24) is 10.2 Å². The van der Waals surface area contributed by atoms with Crippen molar-refractivity contribution >= 4 is 11.7 Å². The first kappa shape index (κ1) is 16.2. The molecule has 7 heteroatoms. The van der Waals surface area contributed by atoms with Gasteiger partial charge in [-0.1, -0.05) is 12.1 Å². The molecule has 1 aromatic rings. The lowest BCUT2D eigenvalue weighted by atomic mass is 9.97. The second-order valence-electron chi connectivity index (χ2n) is 6.09. The Morgan fingerprint density at radius 2 is 2.27 bits per heavy atom. The predicted octanol–water partition coefficient (Wildman–Crippen LogP) is 2.04. The highest BCUT2D eigenvalue weighted by Crippen LogP contribution is 2.26. The van der Waals surface area contributed by atoms with Crippen LogP contribution in [0.2, 0.25) is 0 Å². The first-order valence-electron chi connectivity index (χ1n) is 7.29. The summed E-state index contributed by atoms with van der Waals surface area (Å²) in [6.07, 6.45) is 1.63. The molecule has 1 atom stereocenters. The molecule has 0 spiro atoms. The molecular formula is C15H21N3O4. The van der Waals surface area contributed by atoms with Gasteiger partial charge in [0.15, 0.2) is 0 Å². The molecule has 2 N–H and O–H groups in total. The molecule has 0 saturated carbocycles. The van der Waals surface area contributed by atoms with Crippen LogP contribution < -0.4 is 5.32 Å². The molecule has 0 bridgehead atoms. The number of rotatable bonds is 4. The monoisotopic (exact) mass is 307 g/mol. The molecule has 0 aromatic heterocycles. The summed E-state index contributed by atoms with van der Waals surface area (Å²) in [5, 5.41) is 23.6. The third-order valence-electron chi connectivity index (χ3n) is 3.89. The van der Waals surface area contributed by atoms with E-state index in [-0.39, 0.29) is 24.3 Å². The number of carbonyl (C=O) groups excluding carboxylic acids is 1. The van der Waals surface area contributed by atoms with Crippen LogP contribution in [0.15, 0.2) is 24.3 Å². The van der Waals surface area contributed by atoms with Crippen LogP contribution in [0.1, 0.15) is 32.3 Å². The van der Waals surface area contributed by atoms with Crippen molar-refractivity contribution in [2.75, 3.05) is 6.54 Å². The summed E-state index contributed by atoms with van der Waals surface area (Å²) in [5.74, 6) is 0. The molecule has 1 aliphatic rings. The van der Waals surface area contributed by atoms with Crippen LogP contribution in [0, 0.1) is 10.1 Å². The van der Waals surface area contributed by atoms with Gasteiger partial charge in [-0.25, -0.2) is 4.79 Å². The summed E-state index contributed by atoms with van der Waals surface area (Å²) < 4.78 is 0. The molecule has 1 fully saturated rings. The number of hydrogen-bond donors (Lipinski definition) is 2. The van der Waals surface area contributed by atoms with Crippen LogP contribution >= 0.6 is 0 Å². The highest BCUT2D eigenvalue weighted by atomic mass is 16.6. The average molecular weight is 307 g/mol. The molecule has 1 heterocycles. The molecule has 22 heavy (non-hydrogen) atoms. The van der Waals surface area contributed by atoms with Gasteiger partial charge >= 0.3 is 6.03 Å². The lowest BCUT2D eigenvalue weighted by Crippen LogP contribution is -2.51. The van der Waals surface area contributed by atoms with Gasteiger partial charge in [-0.05, 0) is 32.3 Å². The standard InChI is InChI=1S/C15H21N3O4/c1-15(2,20)13-7-4-8-17(13)14(19)16-10-11-5-3-6-12(9-11)18(21)22/h3,5-6,9,13,20H,4,7-8,10H2,1-2H3,(H,16,19)/t13-/m0/s1. The molecule has 2 rings (SSSR count). The average Bonchev–Trinajstić information content (AvgIpc) is 2.94. The molecule has 2 amide bonds. The minimum absolute atomic E-state index is 0.00212. The Morgan fingerprint density at radius 1 is 1.55 bits per heavy atom. The Morgan fingerprint density at radius 3 is 2.91 bits per heavy atom. The van der Waals surface area contributed by atoms with Crippen molar-refractivity contribution in [3.8, 4) is 0 Å². The summed E-state index contributed by atoms with van der Waals surface area (Å²) in [6, 6.07) is 5.71. The van der Waals surface area contributed by atoms with Gasteiger partial charge in [-0.15, -0.1) is 0 Å². The zero-order valence-corrected chi connectivity index (χ0v) is 12.8. The number of carbonyl (C=O) groups is 1. The van der Waals surface area contributed by atoms with Gasteiger partial charge < -0.3 is 15.3 Å². The molecule has 0 unspecified atom stereocenters. The highest BCUT2D eigenvalue weighted by Gasteiger charge is 2.38. The van der Waals surface area contributed by atoms with E-state index >= 15 is 0 Å². The number of nitrogens with one attached hydrogen (secondary N) is 1. The second-order valence-corrected chi connectivity index (χ2v) is 6.09. The highest BCUT2D eigenvalue weighted by molar-refractivity contribution is 5.75. The number of hydrogen-bond acceptors (Lipinski definition) is 4. The minimum Gasteiger partial charge on any atom is -0.388 e. The first-order valence-corrected chi connectivity index (χ1v) is 7.29. The van der Waals surface area contributed by atoms with E-state index < -0.39 is 10.5 Å². The Hall–Kier alpha value is -2.15. The Bertz CT molecular complexity index is 568. The van der Waals surface area contributed by atoms with E-state index in [9.17, 15) is 20.0 Å². The number of urea groups is 1. The fraction of sp³-hybridized carbons (Fsp3) is 0.533. The summed E-state index contributed by atoms with van der Waals surface area (Å²) in [4.78, 5) is 24.2. The van der Waals surface area contributed by atoms with Gasteiger partial charge in [0.1, 0.15) is 0 Å². The summed E-state index contributed by atoms with van der Waals surface area (Å²) in [6.45, 7) is 4.22. The first-order chi connectivity index (χ1) is 10.3. The van der Waals surface area contributed by atoms with Gasteiger partial charge in [0.25, 0.3) is 5.69 Å². The Labute approximate surface area is 129 Å². The van der Waals surface area contributed by atoms with Gasteiger partial charge in [0.05, 0.1) is 16.6 Å². The quantitative estimate of drug-likeness (QED) is 0.657. The molecule has 7 nitrogen and oxygen atoms in total. The molecular weight excluding hydrogens is 286 g/mol. The van der Waals surface area contributed by atoms with E-state index in [1.54, 1.807) is 30.9 Å². The SMILES string of the molecule is CC(C)(O)[C@@H]1CCCN1C(=O)NCc1cccc([N+](=O)[O-])c1. The number of aliphatic hydroxyl groups is 1. The Balaban J connectivity index is 1.98. The van der Waals surface area contributed by atoms with Crippen molar-refractivity contribution < 1.29 is 14.8 Å². The minimum atomic E-state index is -0.945. The number of likely N-dealkylation sites (tertiary alicyclic amines) is 1. The van der Waals surface area contributed by atoms with Gasteiger partial charge in [0, 0.05) is 25.2 Å². The lowest BCUT2D eigenvalue weighted by molar-refractivity contribution is -0.384. The van der Waals surface area contributed by atoms with E-state index in [0.717, 1.165) is 12.8 Å². The lowest BCUT2D eigenvalue weighted by Gasteiger charge is -2.33. The molecule has 0 aliphatic carbocycles. The van der Waals surface area contributed by atoms with E-state index in [0.29, 0.717) is 12.1 Å². The van der Waals surface area contributed by atoms with Crippen molar-refractivity contribution in [1.29, 1.82) is 0 Å². The van der Waals surface area contributed by atoms with E-state index in [4.69, 9.17) is 0 Å². The third-order valence-corrected chi connectivity index (χ3v) is 3.89. The van der Waals surface area contributed by atoms with Crippen LogP contribution in [-0.4, -0.2) is 39.1 Å².